The number of carbonyl (C=O) groups excluding carboxylic acids is 1. The van der Waals surface area contributed by atoms with E-state index in [1.807, 2.05) is 6.92 Å². The van der Waals surface area contributed by atoms with Crippen molar-refractivity contribution in [1.29, 1.82) is 0 Å². The fourth-order valence-corrected chi connectivity index (χ4v) is 3.01. The molecule has 7 nitrogen and oxygen atoms in total. The van der Waals surface area contributed by atoms with E-state index in [2.05, 4.69) is 5.32 Å². The van der Waals surface area contributed by atoms with Gasteiger partial charge in [-0.15, -0.1) is 0 Å². The Morgan fingerprint density at radius 3 is 2.36 bits per heavy atom. The highest BCUT2D eigenvalue weighted by Gasteiger charge is 2.17. The molecule has 1 atom stereocenters. The van der Waals surface area contributed by atoms with Crippen LogP contribution in [0.2, 0.25) is 0 Å². The highest BCUT2D eigenvalue weighted by molar-refractivity contribution is 7.89. The maximum absolute atomic E-state index is 12.4. The lowest BCUT2D eigenvalue weighted by atomic mass is 10.1. The summed E-state index contributed by atoms with van der Waals surface area (Å²) in [5.41, 5.74) is 1.22. The van der Waals surface area contributed by atoms with Gasteiger partial charge in [-0.2, -0.15) is 0 Å². The standard InChI is InChI=1S/C17H18N2O5S/c1-11(12-2-5-14(6-3-12)25(18,21)22)19-17(20)13-4-7-15-16(10-13)24-9-8-23-15/h2-7,10-11H,8-9H2,1H3,(H,19,20)(H2,18,21,22)/t11-/m0/s1. The van der Waals surface area contributed by atoms with E-state index in [1.165, 1.54) is 12.1 Å². The van der Waals surface area contributed by atoms with Crippen LogP contribution >= 0.6 is 0 Å². The lowest BCUT2D eigenvalue weighted by molar-refractivity contribution is 0.0938. The van der Waals surface area contributed by atoms with Crippen LogP contribution in [0.4, 0.5) is 0 Å². The van der Waals surface area contributed by atoms with Crippen molar-refractivity contribution in [2.75, 3.05) is 13.2 Å². The van der Waals surface area contributed by atoms with Crippen molar-refractivity contribution in [2.45, 2.75) is 17.9 Å². The van der Waals surface area contributed by atoms with E-state index >= 15 is 0 Å². The third-order valence-electron chi connectivity index (χ3n) is 3.86. The Hall–Kier alpha value is -2.58. The Labute approximate surface area is 145 Å². The Morgan fingerprint density at radius 2 is 1.72 bits per heavy atom. The minimum absolute atomic E-state index is 0.0293. The zero-order valence-electron chi connectivity index (χ0n) is 13.6. The van der Waals surface area contributed by atoms with Gasteiger partial charge in [0.2, 0.25) is 10.0 Å². The van der Waals surface area contributed by atoms with Gasteiger partial charge in [0.15, 0.2) is 11.5 Å². The van der Waals surface area contributed by atoms with Crippen molar-refractivity contribution in [3.63, 3.8) is 0 Å². The predicted molar refractivity (Wildman–Crippen MR) is 91.1 cm³/mol. The number of benzene rings is 2. The Balaban J connectivity index is 1.72. The van der Waals surface area contributed by atoms with Crippen LogP contribution in [0.3, 0.4) is 0 Å². The van der Waals surface area contributed by atoms with Crippen LogP contribution in [0.1, 0.15) is 28.9 Å². The third-order valence-corrected chi connectivity index (χ3v) is 4.79. The number of ether oxygens (including phenoxy) is 2. The number of rotatable bonds is 4. The molecule has 3 rings (SSSR count). The van der Waals surface area contributed by atoms with Gasteiger partial charge < -0.3 is 14.8 Å². The molecule has 0 bridgehead atoms. The molecule has 1 aliphatic rings. The van der Waals surface area contributed by atoms with Crippen LogP contribution in [0.25, 0.3) is 0 Å². The van der Waals surface area contributed by atoms with Gasteiger partial charge in [0.1, 0.15) is 13.2 Å². The summed E-state index contributed by atoms with van der Waals surface area (Å²) < 4.78 is 33.5. The quantitative estimate of drug-likeness (QED) is 0.859. The second kappa shape index (κ2) is 6.73. The summed E-state index contributed by atoms with van der Waals surface area (Å²) in [6, 6.07) is 10.8. The van der Waals surface area contributed by atoms with Crippen molar-refractivity contribution in [3.8, 4) is 11.5 Å². The summed E-state index contributed by atoms with van der Waals surface area (Å²) in [4.78, 5) is 12.4. The van der Waals surface area contributed by atoms with Crippen LogP contribution in [0.15, 0.2) is 47.4 Å². The van der Waals surface area contributed by atoms with Crippen LogP contribution in [-0.4, -0.2) is 27.5 Å². The van der Waals surface area contributed by atoms with Crippen molar-refractivity contribution < 1.29 is 22.7 Å². The Bertz CT molecular complexity index is 894. The second-order valence-electron chi connectivity index (χ2n) is 5.67. The average Bonchev–Trinajstić information content (AvgIpc) is 2.60. The zero-order chi connectivity index (χ0) is 18.0. The van der Waals surface area contributed by atoms with Crippen molar-refractivity contribution >= 4 is 15.9 Å². The minimum Gasteiger partial charge on any atom is -0.486 e. The smallest absolute Gasteiger partial charge is 0.251 e. The Morgan fingerprint density at radius 1 is 1.08 bits per heavy atom. The number of nitrogens with two attached hydrogens (primary N) is 1. The zero-order valence-corrected chi connectivity index (χ0v) is 14.4. The van der Waals surface area contributed by atoms with E-state index < -0.39 is 10.0 Å². The first kappa shape index (κ1) is 17.2. The fourth-order valence-electron chi connectivity index (χ4n) is 2.49. The second-order valence-corrected chi connectivity index (χ2v) is 7.23. The molecule has 2 aromatic carbocycles. The SMILES string of the molecule is C[C@H](NC(=O)c1ccc2c(c1)OCCO2)c1ccc(S(N)(=O)=O)cc1. The summed E-state index contributed by atoms with van der Waals surface area (Å²) in [6.45, 7) is 2.75. The number of hydrogen-bond donors (Lipinski definition) is 2. The molecule has 8 heteroatoms. The molecule has 1 amide bonds. The van der Waals surface area contributed by atoms with Gasteiger partial charge >= 0.3 is 0 Å². The third kappa shape index (κ3) is 3.92. The van der Waals surface area contributed by atoms with Gasteiger partial charge in [-0.1, -0.05) is 12.1 Å². The molecule has 2 aromatic rings. The normalized spacial score (nSPS) is 14.6. The van der Waals surface area contributed by atoms with E-state index in [-0.39, 0.29) is 16.8 Å². The molecule has 0 radical (unpaired) electrons. The van der Waals surface area contributed by atoms with Gasteiger partial charge in [-0.05, 0) is 42.8 Å². The molecule has 1 heterocycles. The lowest BCUT2D eigenvalue weighted by Gasteiger charge is -2.19. The highest BCUT2D eigenvalue weighted by atomic mass is 32.2. The summed E-state index contributed by atoms with van der Waals surface area (Å²) in [6.07, 6.45) is 0. The van der Waals surface area contributed by atoms with E-state index in [0.717, 1.165) is 5.56 Å². The van der Waals surface area contributed by atoms with E-state index in [4.69, 9.17) is 14.6 Å². The molecule has 0 aliphatic carbocycles. The number of amides is 1. The summed E-state index contributed by atoms with van der Waals surface area (Å²) >= 11 is 0. The van der Waals surface area contributed by atoms with Crippen LogP contribution in [-0.2, 0) is 10.0 Å². The molecule has 0 aromatic heterocycles. The summed E-state index contributed by atoms with van der Waals surface area (Å²) in [7, 11) is -3.73. The summed E-state index contributed by atoms with van der Waals surface area (Å²) in [5, 5.41) is 7.94. The van der Waals surface area contributed by atoms with Gasteiger partial charge in [0.25, 0.3) is 5.91 Å². The fraction of sp³-hybridized carbons (Fsp3) is 0.235. The highest BCUT2D eigenvalue weighted by Crippen LogP contribution is 2.30. The van der Waals surface area contributed by atoms with Crippen molar-refractivity contribution in [1.82, 2.24) is 5.32 Å². The molecule has 0 saturated heterocycles. The minimum atomic E-state index is -3.73. The first-order valence-corrected chi connectivity index (χ1v) is 9.22. The maximum atomic E-state index is 12.4. The molecule has 132 valence electrons. The number of fused-ring (bicyclic) bond motifs is 1. The average molecular weight is 362 g/mol. The predicted octanol–water partition coefficient (Wildman–Crippen LogP) is 1.60. The first-order chi connectivity index (χ1) is 11.8. The molecule has 0 saturated carbocycles. The molecular weight excluding hydrogens is 344 g/mol. The van der Waals surface area contributed by atoms with E-state index in [9.17, 15) is 13.2 Å². The molecule has 0 spiro atoms. The van der Waals surface area contributed by atoms with Crippen molar-refractivity contribution in [2.24, 2.45) is 5.14 Å². The number of hydrogen-bond acceptors (Lipinski definition) is 5. The largest absolute Gasteiger partial charge is 0.486 e. The lowest BCUT2D eigenvalue weighted by Crippen LogP contribution is -2.27. The topological polar surface area (TPSA) is 108 Å². The number of nitrogens with one attached hydrogen (secondary N) is 1. The molecule has 0 unspecified atom stereocenters. The van der Waals surface area contributed by atoms with Gasteiger partial charge in [0.05, 0.1) is 10.9 Å². The number of sulfonamides is 1. The van der Waals surface area contributed by atoms with E-state index in [1.54, 1.807) is 30.3 Å². The molecule has 0 fully saturated rings. The molecule has 1 aliphatic heterocycles. The number of primary sulfonamides is 1. The van der Waals surface area contributed by atoms with E-state index in [0.29, 0.717) is 30.3 Å². The maximum Gasteiger partial charge on any atom is 0.251 e. The van der Waals surface area contributed by atoms with Gasteiger partial charge in [-0.25, -0.2) is 13.6 Å². The molecule has 3 N–H and O–H groups in total. The van der Waals surface area contributed by atoms with Crippen molar-refractivity contribution in [3.05, 3.63) is 53.6 Å². The van der Waals surface area contributed by atoms with Crippen LogP contribution in [0.5, 0.6) is 11.5 Å². The van der Waals surface area contributed by atoms with Gasteiger partial charge in [0, 0.05) is 5.56 Å². The van der Waals surface area contributed by atoms with Crippen LogP contribution < -0.4 is 19.9 Å². The monoisotopic (exact) mass is 362 g/mol. The number of carbonyl (C=O) groups is 1. The first-order valence-electron chi connectivity index (χ1n) is 7.68. The van der Waals surface area contributed by atoms with Crippen LogP contribution in [0, 0.1) is 0 Å². The molecule has 25 heavy (non-hydrogen) atoms. The van der Waals surface area contributed by atoms with Gasteiger partial charge in [-0.3, -0.25) is 4.79 Å². The Kier molecular flexibility index (Phi) is 4.65. The molecular formula is C17H18N2O5S. The summed E-state index contributed by atoms with van der Waals surface area (Å²) in [5.74, 6) is 0.901.